The van der Waals surface area contributed by atoms with E-state index in [0.29, 0.717) is 0 Å². The van der Waals surface area contributed by atoms with Crippen LogP contribution in [0.4, 0.5) is 96.9 Å². The molecule has 0 spiro atoms. The molecule has 0 aliphatic carbocycles. The Morgan fingerprint density at radius 1 is 0.282 bits per heavy atom. The van der Waals surface area contributed by atoms with Gasteiger partial charge in [0.05, 0.1) is 0 Å². The van der Waals surface area contributed by atoms with Gasteiger partial charge in [-0.1, -0.05) is 0 Å². The first-order valence-corrected chi connectivity index (χ1v) is 7.54. The van der Waals surface area contributed by atoms with Crippen molar-refractivity contribution in [2.75, 3.05) is 0 Å². The SMILES string of the molecule is FOC(F)(F)C(F)(OC(F)(F)OC(F)(F)C(F)(F)F)OC(F)(OC(F)(F)OC(F)(F)C(F)(F)F)C(F)(F)OF. The number of hydrogen-bond donors (Lipinski definition) is 0. The van der Waals surface area contributed by atoms with Crippen LogP contribution in [0.25, 0.3) is 0 Å². The van der Waals surface area contributed by atoms with Crippen molar-refractivity contribution in [1.82, 2.24) is 0 Å². The second kappa shape index (κ2) is 10.5. The van der Waals surface area contributed by atoms with Gasteiger partial charge in [-0.15, -0.1) is 27.4 Å². The van der Waals surface area contributed by atoms with Gasteiger partial charge in [-0.3, -0.25) is 0 Å². The molecule has 29 heteroatoms. The van der Waals surface area contributed by atoms with E-state index in [1.54, 1.807) is 4.74 Å². The van der Waals surface area contributed by atoms with E-state index in [0.717, 1.165) is 9.88 Å². The fraction of sp³-hybridized carbons (Fsp3) is 1.00. The van der Waals surface area contributed by atoms with Crippen LogP contribution in [0.5, 0.6) is 0 Å². The van der Waals surface area contributed by atoms with Gasteiger partial charge >= 0.3 is 61.5 Å². The van der Waals surface area contributed by atoms with Crippen molar-refractivity contribution >= 4 is 0 Å². The Morgan fingerprint density at radius 2 is 0.513 bits per heavy atom. The number of halogens is 22. The summed E-state index contributed by atoms with van der Waals surface area (Å²) in [4.78, 5) is 2.10. The van der Waals surface area contributed by atoms with Crippen LogP contribution in [0, 0.1) is 0 Å². The monoisotopic (exact) mass is 650 g/mol. The second-order valence-electron chi connectivity index (χ2n) is 5.73. The highest BCUT2D eigenvalue weighted by Gasteiger charge is 2.78. The Kier molecular flexibility index (Phi) is 10.0. The smallest absolute Gasteiger partial charge is 0.248 e. The van der Waals surface area contributed by atoms with E-state index in [-0.39, 0.29) is 0 Å². The Labute approximate surface area is 193 Å². The molecule has 0 aromatic carbocycles. The first-order valence-electron chi connectivity index (χ1n) is 7.54. The van der Waals surface area contributed by atoms with Crippen molar-refractivity contribution in [3.05, 3.63) is 0 Å². The zero-order valence-corrected chi connectivity index (χ0v) is 16.2. The molecular weight excluding hydrogens is 650 g/mol. The Bertz CT molecular complexity index is 759. The first kappa shape index (κ1) is 37.2. The molecule has 39 heavy (non-hydrogen) atoms. The van der Waals surface area contributed by atoms with Crippen LogP contribution in [0.15, 0.2) is 0 Å². The van der Waals surface area contributed by atoms with Gasteiger partial charge in [-0.25, -0.2) is 23.7 Å². The molecule has 2 atom stereocenters. The predicted molar refractivity (Wildman–Crippen MR) is 59.3 cm³/mol. The number of ether oxygens (including phenoxy) is 5. The van der Waals surface area contributed by atoms with Gasteiger partial charge in [0.15, 0.2) is 0 Å². The molecule has 0 aromatic heterocycles. The summed E-state index contributed by atoms with van der Waals surface area (Å²) in [5, 5.41) is 0. The maximum absolute atomic E-state index is 14.1. The van der Waals surface area contributed by atoms with E-state index in [9.17, 15) is 96.9 Å². The fourth-order valence-corrected chi connectivity index (χ4v) is 1.30. The van der Waals surface area contributed by atoms with Crippen molar-refractivity contribution in [2.24, 2.45) is 0 Å². The molecule has 0 amide bonds. The average molecular weight is 650 g/mol. The van der Waals surface area contributed by atoms with Gasteiger partial charge in [0.25, 0.3) is 0 Å². The average Bonchev–Trinajstić information content (AvgIpc) is 2.62. The van der Waals surface area contributed by atoms with Crippen molar-refractivity contribution in [1.29, 1.82) is 0 Å². The largest absolute Gasteiger partial charge is 0.495 e. The van der Waals surface area contributed by atoms with E-state index < -0.39 is 61.5 Å². The Hall–Kier alpha value is -1.82. The molecule has 0 heterocycles. The molecule has 0 rings (SSSR count). The van der Waals surface area contributed by atoms with Gasteiger partial charge < -0.3 is 0 Å². The van der Waals surface area contributed by atoms with Crippen LogP contribution in [0.1, 0.15) is 0 Å². The molecule has 7 nitrogen and oxygen atoms in total. The molecule has 0 fully saturated rings. The topological polar surface area (TPSA) is 64.6 Å². The molecule has 0 saturated heterocycles. The first-order chi connectivity index (χ1) is 16.7. The maximum Gasteiger partial charge on any atom is 0.495 e. The normalized spacial score (nSPS) is 18.6. The van der Waals surface area contributed by atoms with Gasteiger partial charge in [0.1, 0.15) is 0 Å². The van der Waals surface area contributed by atoms with Crippen LogP contribution in [0.2, 0.25) is 0 Å². The predicted octanol–water partition coefficient (Wildman–Crippen LogP) is 6.71. The minimum Gasteiger partial charge on any atom is -0.248 e. The van der Waals surface area contributed by atoms with Crippen LogP contribution >= 0.6 is 0 Å². The summed E-state index contributed by atoms with van der Waals surface area (Å²) >= 11 is 0. The number of hydrogen-bond acceptors (Lipinski definition) is 7. The summed E-state index contributed by atoms with van der Waals surface area (Å²) in [5.41, 5.74) is 0. The maximum atomic E-state index is 14.1. The highest BCUT2D eigenvalue weighted by Crippen LogP contribution is 2.52. The van der Waals surface area contributed by atoms with Crippen LogP contribution in [0.3, 0.4) is 0 Å². The third-order valence-corrected chi connectivity index (χ3v) is 2.81. The summed E-state index contributed by atoms with van der Waals surface area (Å²) in [6.45, 7) is 0. The zero-order chi connectivity index (χ0) is 31.9. The van der Waals surface area contributed by atoms with Gasteiger partial charge in [0, 0.05) is 0 Å². The third-order valence-electron chi connectivity index (χ3n) is 2.81. The minimum atomic E-state index is -7.79. The lowest BCUT2D eigenvalue weighted by atomic mass is 10.4. The summed E-state index contributed by atoms with van der Waals surface area (Å²) in [7, 11) is 0. The fourth-order valence-electron chi connectivity index (χ4n) is 1.30. The summed E-state index contributed by atoms with van der Waals surface area (Å²) in [5.74, 6) is 0. The molecule has 0 aliphatic rings. The molecule has 236 valence electrons. The molecule has 0 saturated carbocycles. The highest BCUT2D eigenvalue weighted by molar-refractivity contribution is 4.78. The van der Waals surface area contributed by atoms with Crippen LogP contribution in [-0.2, 0) is 33.6 Å². The number of alkyl halides is 20. The molecule has 0 N–H and O–H groups in total. The van der Waals surface area contributed by atoms with Crippen molar-refractivity contribution < 1.29 is 130 Å². The minimum absolute atomic E-state index is 1.05. The zero-order valence-electron chi connectivity index (χ0n) is 16.2. The van der Waals surface area contributed by atoms with Gasteiger partial charge in [0.2, 0.25) is 0 Å². The quantitative estimate of drug-likeness (QED) is 0.153. The molecule has 0 aromatic rings. The van der Waals surface area contributed by atoms with Crippen LogP contribution < -0.4 is 0 Å². The van der Waals surface area contributed by atoms with Crippen molar-refractivity contribution in [3.63, 3.8) is 0 Å². The molecule has 0 radical (unpaired) electrons. The summed E-state index contributed by atoms with van der Waals surface area (Å²) in [6, 6.07) is -15.6. The standard InChI is InChI=1S/C10F22O7/c11-1(12,13)3(17,18)33-9(27,28)36-7(25,5(21,22)38-31)35-8(26,6(23,24)39-32)37-10(29,30)34-4(19,20)2(14,15)16. The third kappa shape index (κ3) is 8.58. The second-order valence-corrected chi connectivity index (χ2v) is 5.73. The molecule has 0 bridgehead atoms. The van der Waals surface area contributed by atoms with Gasteiger partial charge in [-0.2, -0.15) is 70.2 Å². The molecule has 0 aliphatic heterocycles. The van der Waals surface area contributed by atoms with E-state index in [4.69, 9.17) is 0 Å². The van der Waals surface area contributed by atoms with Crippen molar-refractivity contribution in [2.45, 2.75) is 61.5 Å². The lowest BCUT2D eigenvalue weighted by molar-refractivity contribution is -0.659. The lowest BCUT2D eigenvalue weighted by Crippen LogP contribution is -2.64. The molecule has 2 unspecified atom stereocenters. The molecular formula is C10F22O7. The highest BCUT2D eigenvalue weighted by atomic mass is 19.4. The van der Waals surface area contributed by atoms with E-state index in [1.165, 1.54) is 18.9 Å². The number of rotatable bonds is 14. The van der Waals surface area contributed by atoms with E-state index in [1.807, 2.05) is 0 Å². The Morgan fingerprint density at radius 3 is 0.692 bits per heavy atom. The summed E-state index contributed by atoms with van der Waals surface area (Å²) in [6.07, 6.45) is -59.5. The summed E-state index contributed by atoms with van der Waals surface area (Å²) < 4.78 is 286. The van der Waals surface area contributed by atoms with E-state index in [2.05, 4.69) is 0 Å². The van der Waals surface area contributed by atoms with Crippen LogP contribution in [-0.4, -0.2) is 61.5 Å². The van der Waals surface area contributed by atoms with E-state index >= 15 is 0 Å². The van der Waals surface area contributed by atoms with Crippen molar-refractivity contribution in [3.8, 4) is 0 Å². The lowest BCUT2D eigenvalue weighted by Gasteiger charge is -2.39. The van der Waals surface area contributed by atoms with Gasteiger partial charge in [-0.05, 0) is 9.05 Å². The Balaban J connectivity index is 6.77.